The third-order valence-corrected chi connectivity index (χ3v) is 5.58. The summed E-state index contributed by atoms with van der Waals surface area (Å²) < 4.78 is 5.36. The van der Waals surface area contributed by atoms with Crippen LogP contribution in [-0.4, -0.2) is 50.2 Å². The minimum Gasteiger partial charge on any atom is -0.466 e. The molecule has 0 saturated carbocycles. The predicted molar refractivity (Wildman–Crippen MR) is 122 cm³/mol. The fourth-order valence-electron chi connectivity index (χ4n) is 3.77. The summed E-state index contributed by atoms with van der Waals surface area (Å²) in [4.78, 5) is 14.2. The molecule has 0 spiro atoms. The fourth-order valence-corrected chi connectivity index (χ4v) is 3.77. The van der Waals surface area contributed by atoms with E-state index in [1.165, 1.54) is 77.0 Å². The molecule has 0 aromatic heterocycles. The third-order valence-electron chi connectivity index (χ3n) is 5.58. The lowest BCUT2D eigenvalue weighted by Crippen LogP contribution is -2.43. The van der Waals surface area contributed by atoms with Crippen LogP contribution in [0.25, 0.3) is 0 Å². The highest BCUT2D eigenvalue weighted by molar-refractivity contribution is 5.85. The number of hydrogen-bond donors (Lipinski definition) is 1. The Kier molecular flexibility index (Phi) is 21.1. The van der Waals surface area contributed by atoms with Crippen molar-refractivity contribution in [2.45, 2.75) is 103 Å². The first-order chi connectivity index (χ1) is 13.3. The van der Waals surface area contributed by atoms with Gasteiger partial charge in [0.1, 0.15) is 0 Å². The molecule has 28 heavy (non-hydrogen) atoms. The van der Waals surface area contributed by atoms with Crippen LogP contribution in [0, 0.1) is 0 Å². The number of esters is 1. The molecule has 0 unspecified atom stereocenters. The van der Waals surface area contributed by atoms with Gasteiger partial charge in [-0.15, -0.1) is 12.4 Å². The Bertz CT molecular complexity index is 337. The maximum absolute atomic E-state index is 11.7. The average Bonchev–Trinajstić information content (AvgIpc) is 2.69. The van der Waals surface area contributed by atoms with Crippen LogP contribution in [0.3, 0.4) is 0 Å². The number of carbonyl (C=O) groups excluding carboxylic acids is 1. The Morgan fingerprint density at radius 3 is 1.82 bits per heavy atom. The molecule has 0 aliphatic carbocycles. The van der Waals surface area contributed by atoms with Crippen molar-refractivity contribution in [3.63, 3.8) is 0 Å². The van der Waals surface area contributed by atoms with Gasteiger partial charge in [0.15, 0.2) is 0 Å². The SMILES string of the molecule is CCCCCCCCCCCCCCCC(=O)OCCCN1CCNCC1.Cl. The van der Waals surface area contributed by atoms with Gasteiger partial charge in [-0.1, -0.05) is 84.0 Å². The van der Waals surface area contributed by atoms with E-state index in [1.807, 2.05) is 0 Å². The van der Waals surface area contributed by atoms with Crippen LogP contribution >= 0.6 is 12.4 Å². The summed E-state index contributed by atoms with van der Waals surface area (Å²) in [5, 5.41) is 3.35. The third kappa shape index (κ3) is 17.8. The molecule has 1 N–H and O–H groups in total. The number of unbranched alkanes of at least 4 members (excludes halogenated alkanes) is 12. The Balaban J connectivity index is 0.00000729. The number of nitrogens with zero attached hydrogens (tertiary/aromatic N) is 1. The first kappa shape index (κ1) is 27.7. The molecule has 1 aliphatic heterocycles. The summed E-state index contributed by atoms with van der Waals surface area (Å²) in [6, 6.07) is 0. The van der Waals surface area contributed by atoms with Crippen molar-refractivity contribution in [1.82, 2.24) is 10.2 Å². The topological polar surface area (TPSA) is 41.6 Å². The average molecular weight is 419 g/mol. The van der Waals surface area contributed by atoms with Crippen LogP contribution in [0.1, 0.15) is 103 Å². The quantitative estimate of drug-likeness (QED) is 0.228. The van der Waals surface area contributed by atoms with Crippen LogP contribution in [0.15, 0.2) is 0 Å². The number of rotatable bonds is 18. The standard InChI is InChI=1S/C23H46N2O2.ClH/c1-2-3-4-5-6-7-8-9-10-11-12-13-14-16-23(26)27-22-15-19-25-20-17-24-18-21-25;/h24H,2-22H2,1H3;1H. The number of nitrogens with one attached hydrogen (secondary N) is 1. The maximum Gasteiger partial charge on any atom is 0.305 e. The molecule has 0 amide bonds. The predicted octanol–water partition coefficient (Wildman–Crippen LogP) is 5.73. The van der Waals surface area contributed by atoms with Crippen LogP contribution < -0.4 is 5.32 Å². The molecule has 0 aromatic rings. The highest BCUT2D eigenvalue weighted by Crippen LogP contribution is 2.13. The minimum absolute atomic E-state index is 0. The van der Waals surface area contributed by atoms with E-state index >= 15 is 0 Å². The van der Waals surface area contributed by atoms with E-state index in [0.717, 1.165) is 45.6 Å². The van der Waals surface area contributed by atoms with Crippen molar-refractivity contribution in [1.29, 1.82) is 0 Å². The first-order valence-electron chi connectivity index (χ1n) is 11.9. The highest BCUT2D eigenvalue weighted by atomic mass is 35.5. The molecule has 1 rings (SSSR count). The van der Waals surface area contributed by atoms with Crippen LogP contribution in [0.5, 0.6) is 0 Å². The summed E-state index contributed by atoms with van der Waals surface area (Å²) >= 11 is 0. The molecular formula is C23H47ClN2O2. The zero-order chi connectivity index (χ0) is 19.4. The van der Waals surface area contributed by atoms with Gasteiger partial charge in [0.2, 0.25) is 0 Å². The molecule has 5 heteroatoms. The van der Waals surface area contributed by atoms with Crippen molar-refractivity contribution in [3.05, 3.63) is 0 Å². The van der Waals surface area contributed by atoms with Crippen LogP contribution in [-0.2, 0) is 9.53 Å². The fraction of sp³-hybridized carbons (Fsp3) is 0.957. The van der Waals surface area contributed by atoms with Crippen molar-refractivity contribution in [2.75, 3.05) is 39.3 Å². The van der Waals surface area contributed by atoms with E-state index in [2.05, 4.69) is 17.1 Å². The van der Waals surface area contributed by atoms with Gasteiger partial charge in [-0.05, 0) is 12.8 Å². The van der Waals surface area contributed by atoms with Gasteiger partial charge in [0.05, 0.1) is 6.61 Å². The van der Waals surface area contributed by atoms with E-state index < -0.39 is 0 Å². The van der Waals surface area contributed by atoms with Gasteiger partial charge < -0.3 is 15.0 Å². The molecule has 1 aliphatic rings. The van der Waals surface area contributed by atoms with E-state index in [1.54, 1.807) is 0 Å². The van der Waals surface area contributed by atoms with Gasteiger partial charge >= 0.3 is 5.97 Å². The number of halogens is 1. The summed E-state index contributed by atoms with van der Waals surface area (Å²) in [6.45, 7) is 8.31. The Morgan fingerprint density at radius 2 is 1.29 bits per heavy atom. The molecule has 0 radical (unpaired) electrons. The second-order valence-electron chi connectivity index (χ2n) is 8.16. The van der Waals surface area contributed by atoms with Gasteiger partial charge in [0, 0.05) is 39.1 Å². The highest BCUT2D eigenvalue weighted by Gasteiger charge is 2.09. The van der Waals surface area contributed by atoms with Crippen molar-refractivity contribution >= 4 is 18.4 Å². The molecule has 0 aromatic carbocycles. The normalized spacial score (nSPS) is 14.6. The lowest BCUT2D eigenvalue weighted by molar-refractivity contribution is -0.144. The van der Waals surface area contributed by atoms with Crippen LogP contribution in [0.4, 0.5) is 0 Å². The molecule has 0 atom stereocenters. The Hall–Kier alpha value is -0.320. The van der Waals surface area contributed by atoms with Gasteiger partial charge in [-0.3, -0.25) is 4.79 Å². The molecule has 4 nitrogen and oxygen atoms in total. The van der Waals surface area contributed by atoms with Gasteiger partial charge in [0.25, 0.3) is 0 Å². The molecular weight excluding hydrogens is 372 g/mol. The summed E-state index contributed by atoms with van der Waals surface area (Å²) in [5.74, 6) is -0.00150. The van der Waals surface area contributed by atoms with Crippen molar-refractivity contribution in [3.8, 4) is 0 Å². The largest absolute Gasteiger partial charge is 0.466 e. The molecule has 168 valence electrons. The first-order valence-corrected chi connectivity index (χ1v) is 11.9. The second-order valence-corrected chi connectivity index (χ2v) is 8.16. The Labute approximate surface area is 181 Å². The summed E-state index contributed by atoms with van der Waals surface area (Å²) in [7, 11) is 0. The lowest BCUT2D eigenvalue weighted by Gasteiger charge is -2.26. The Morgan fingerprint density at radius 1 is 0.786 bits per heavy atom. The second kappa shape index (κ2) is 21.4. The van der Waals surface area contributed by atoms with Gasteiger partial charge in [-0.25, -0.2) is 0 Å². The van der Waals surface area contributed by atoms with Gasteiger partial charge in [-0.2, -0.15) is 0 Å². The van der Waals surface area contributed by atoms with E-state index in [4.69, 9.17) is 4.74 Å². The molecule has 1 saturated heterocycles. The number of carbonyl (C=O) groups is 1. The number of hydrogen-bond acceptors (Lipinski definition) is 4. The van der Waals surface area contributed by atoms with E-state index in [9.17, 15) is 4.79 Å². The zero-order valence-corrected chi connectivity index (χ0v) is 19.3. The summed E-state index contributed by atoms with van der Waals surface area (Å²) in [6.07, 6.45) is 19.0. The smallest absolute Gasteiger partial charge is 0.305 e. The zero-order valence-electron chi connectivity index (χ0n) is 18.5. The summed E-state index contributed by atoms with van der Waals surface area (Å²) in [5.41, 5.74) is 0. The van der Waals surface area contributed by atoms with E-state index in [-0.39, 0.29) is 18.4 Å². The number of ether oxygens (including phenoxy) is 1. The van der Waals surface area contributed by atoms with Crippen molar-refractivity contribution in [2.24, 2.45) is 0 Å². The molecule has 1 fully saturated rings. The molecule has 0 bridgehead atoms. The molecule has 1 heterocycles. The van der Waals surface area contributed by atoms with Crippen molar-refractivity contribution < 1.29 is 9.53 Å². The number of piperazine rings is 1. The minimum atomic E-state index is -0.00150. The monoisotopic (exact) mass is 418 g/mol. The van der Waals surface area contributed by atoms with E-state index in [0.29, 0.717) is 13.0 Å². The maximum atomic E-state index is 11.7. The lowest BCUT2D eigenvalue weighted by atomic mass is 10.0. The van der Waals surface area contributed by atoms with Crippen LogP contribution in [0.2, 0.25) is 0 Å².